The Hall–Kier alpha value is -1.46. The molecular weight excluding hydrogens is 246 g/mol. The van der Waals surface area contributed by atoms with E-state index in [2.05, 4.69) is 5.32 Å². The van der Waals surface area contributed by atoms with E-state index in [1.807, 2.05) is 32.0 Å². The van der Waals surface area contributed by atoms with E-state index in [1.54, 1.807) is 0 Å². The minimum atomic E-state index is -0.532. The van der Waals surface area contributed by atoms with E-state index >= 15 is 0 Å². The molecule has 2 rings (SSSR count). The first-order valence-electron chi connectivity index (χ1n) is 6.58. The molecule has 0 aliphatic carbocycles. The SMILES string of the molecule is CC(C)OCC(O)CNc1ccc2c(c1)OCCO2. The fourth-order valence-corrected chi connectivity index (χ4v) is 1.75. The molecule has 0 amide bonds. The molecule has 0 saturated heterocycles. The summed E-state index contributed by atoms with van der Waals surface area (Å²) in [6, 6.07) is 5.65. The lowest BCUT2D eigenvalue weighted by Crippen LogP contribution is -2.26. The predicted molar refractivity (Wildman–Crippen MR) is 73.0 cm³/mol. The highest BCUT2D eigenvalue weighted by Gasteiger charge is 2.12. The number of aliphatic hydroxyl groups is 1. The number of anilines is 1. The van der Waals surface area contributed by atoms with Crippen molar-refractivity contribution >= 4 is 5.69 Å². The van der Waals surface area contributed by atoms with Gasteiger partial charge in [-0.05, 0) is 26.0 Å². The van der Waals surface area contributed by atoms with Gasteiger partial charge in [0.1, 0.15) is 13.2 Å². The summed E-state index contributed by atoms with van der Waals surface area (Å²) in [6.07, 6.45) is -0.403. The van der Waals surface area contributed by atoms with Gasteiger partial charge in [-0.15, -0.1) is 0 Å². The molecule has 1 unspecified atom stereocenters. The number of benzene rings is 1. The highest BCUT2D eigenvalue weighted by molar-refractivity contribution is 5.55. The first-order chi connectivity index (χ1) is 9.15. The third-order valence-corrected chi connectivity index (χ3v) is 2.71. The van der Waals surface area contributed by atoms with Crippen LogP contribution in [0.15, 0.2) is 18.2 Å². The molecule has 5 nitrogen and oxygen atoms in total. The number of fused-ring (bicyclic) bond motifs is 1. The van der Waals surface area contributed by atoms with Crippen LogP contribution in [0.3, 0.4) is 0 Å². The van der Waals surface area contributed by atoms with Gasteiger partial charge >= 0.3 is 0 Å². The number of hydrogen-bond donors (Lipinski definition) is 2. The Morgan fingerprint density at radius 2 is 2.00 bits per heavy atom. The molecule has 5 heteroatoms. The smallest absolute Gasteiger partial charge is 0.163 e. The number of aliphatic hydroxyl groups excluding tert-OH is 1. The maximum atomic E-state index is 9.75. The molecule has 1 aromatic rings. The molecule has 106 valence electrons. The second-order valence-electron chi connectivity index (χ2n) is 4.78. The molecule has 1 aliphatic rings. The maximum Gasteiger partial charge on any atom is 0.163 e. The Labute approximate surface area is 113 Å². The van der Waals surface area contributed by atoms with Gasteiger partial charge in [0, 0.05) is 18.3 Å². The molecule has 0 spiro atoms. The zero-order chi connectivity index (χ0) is 13.7. The summed E-state index contributed by atoms with van der Waals surface area (Å²) in [5, 5.41) is 12.9. The number of ether oxygens (including phenoxy) is 3. The average Bonchev–Trinajstić information content (AvgIpc) is 2.42. The first kappa shape index (κ1) is 14.0. The van der Waals surface area contributed by atoms with Crippen LogP contribution in [0.25, 0.3) is 0 Å². The normalized spacial score (nSPS) is 15.4. The number of nitrogens with one attached hydrogen (secondary N) is 1. The zero-order valence-electron chi connectivity index (χ0n) is 11.4. The molecule has 0 radical (unpaired) electrons. The van der Waals surface area contributed by atoms with Gasteiger partial charge in [-0.2, -0.15) is 0 Å². The molecule has 0 bridgehead atoms. The topological polar surface area (TPSA) is 60.0 Å². The van der Waals surface area contributed by atoms with Crippen molar-refractivity contribution in [2.75, 3.05) is 31.7 Å². The highest BCUT2D eigenvalue weighted by Crippen LogP contribution is 2.32. The van der Waals surface area contributed by atoms with Crippen molar-refractivity contribution < 1.29 is 19.3 Å². The van der Waals surface area contributed by atoms with E-state index in [4.69, 9.17) is 14.2 Å². The summed E-state index contributed by atoms with van der Waals surface area (Å²) in [5.41, 5.74) is 0.896. The summed E-state index contributed by atoms with van der Waals surface area (Å²) in [5.74, 6) is 1.50. The molecule has 1 heterocycles. The monoisotopic (exact) mass is 267 g/mol. The Balaban J connectivity index is 1.82. The van der Waals surface area contributed by atoms with Gasteiger partial charge in [-0.25, -0.2) is 0 Å². The maximum absolute atomic E-state index is 9.75. The summed E-state index contributed by atoms with van der Waals surface area (Å²) in [6.45, 7) is 5.82. The summed E-state index contributed by atoms with van der Waals surface area (Å²) < 4.78 is 16.3. The Morgan fingerprint density at radius 1 is 1.26 bits per heavy atom. The zero-order valence-corrected chi connectivity index (χ0v) is 11.4. The van der Waals surface area contributed by atoms with Gasteiger partial charge in [-0.1, -0.05) is 0 Å². The summed E-state index contributed by atoms with van der Waals surface area (Å²) in [4.78, 5) is 0. The van der Waals surface area contributed by atoms with Crippen LogP contribution in [0.1, 0.15) is 13.8 Å². The lowest BCUT2D eigenvalue weighted by molar-refractivity contribution is 0.0112. The van der Waals surface area contributed by atoms with Gasteiger partial charge < -0.3 is 24.6 Å². The van der Waals surface area contributed by atoms with Crippen molar-refractivity contribution in [1.29, 1.82) is 0 Å². The van der Waals surface area contributed by atoms with E-state index in [0.717, 1.165) is 17.2 Å². The minimum absolute atomic E-state index is 0.129. The van der Waals surface area contributed by atoms with E-state index < -0.39 is 6.10 Å². The summed E-state index contributed by atoms with van der Waals surface area (Å²) in [7, 11) is 0. The fraction of sp³-hybridized carbons (Fsp3) is 0.571. The van der Waals surface area contributed by atoms with Crippen molar-refractivity contribution in [1.82, 2.24) is 0 Å². The minimum Gasteiger partial charge on any atom is -0.486 e. The van der Waals surface area contributed by atoms with Crippen LogP contribution < -0.4 is 14.8 Å². The molecule has 1 aliphatic heterocycles. The molecular formula is C14H21NO4. The molecule has 0 fully saturated rings. The van der Waals surface area contributed by atoms with Crippen LogP contribution >= 0.6 is 0 Å². The van der Waals surface area contributed by atoms with E-state index in [0.29, 0.717) is 26.4 Å². The van der Waals surface area contributed by atoms with Crippen molar-refractivity contribution in [3.63, 3.8) is 0 Å². The second kappa shape index (κ2) is 6.63. The predicted octanol–water partition coefficient (Wildman–Crippen LogP) is 1.66. The lowest BCUT2D eigenvalue weighted by atomic mass is 10.2. The van der Waals surface area contributed by atoms with Gasteiger partial charge in [0.2, 0.25) is 0 Å². The molecule has 2 N–H and O–H groups in total. The lowest BCUT2D eigenvalue weighted by Gasteiger charge is -2.20. The fourth-order valence-electron chi connectivity index (χ4n) is 1.75. The van der Waals surface area contributed by atoms with Crippen LogP contribution in [0.5, 0.6) is 11.5 Å². The Morgan fingerprint density at radius 3 is 2.74 bits per heavy atom. The second-order valence-corrected chi connectivity index (χ2v) is 4.78. The number of hydrogen-bond acceptors (Lipinski definition) is 5. The van der Waals surface area contributed by atoms with E-state index in [9.17, 15) is 5.11 Å². The standard InChI is InChI=1S/C14H21NO4/c1-10(2)19-9-12(16)8-15-11-3-4-13-14(7-11)18-6-5-17-13/h3-4,7,10,12,15-16H,5-6,8-9H2,1-2H3. The third kappa shape index (κ3) is 4.29. The van der Waals surface area contributed by atoms with Crippen LogP contribution in [0.2, 0.25) is 0 Å². The van der Waals surface area contributed by atoms with Crippen molar-refractivity contribution in [2.45, 2.75) is 26.1 Å². The average molecular weight is 267 g/mol. The van der Waals surface area contributed by atoms with Crippen LogP contribution in [0, 0.1) is 0 Å². The van der Waals surface area contributed by atoms with Crippen LogP contribution in [-0.2, 0) is 4.74 Å². The number of rotatable bonds is 6. The van der Waals surface area contributed by atoms with Gasteiger partial charge in [0.25, 0.3) is 0 Å². The first-order valence-corrected chi connectivity index (χ1v) is 6.58. The van der Waals surface area contributed by atoms with Gasteiger partial charge in [0.15, 0.2) is 11.5 Å². The van der Waals surface area contributed by atoms with Crippen LogP contribution in [0.4, 0.5) is 5.69 Å². The molecule has 19 heavy (non-hydrogen) atoms. The highest BCUT2D eigenvalue weighted by atomic mass is 16.6. The van der Waals surface area contributed by atoms with Crippen LogP contribution in [-0.4, -0.2) is 43.7 Å². The Kier molecular flexibility index (Phi) is 4.87. The van der Waals surface area contributed by atoms with Crippen molar-refractivity contribution in [3.8, 4) is 11.5 Å². The van der Waals surface area contributed by atoms with Gasteiger partial charge in [0.05, 0.1) is 18.8 Å². The molecule has 0 aromatic heterocycles. The molecule has 1 atom stereocenters. The van der Waals surface area contributed by atoms with E-state index in [-0.39, 0.29) is 6.10 Å². The Bertz CT molecular complexity index is 408. The van der Waals surface area contributed by atoms with Crippen molar-refractivity contribution in [2.24, 2.45) is 0 Å². The largest absolute Gasteiger partial charge is 0.486 e. The van der Waals surface area contributed by atoms with E-state index in [1.165, 1.54) is 0 Å². The summed E-state index contributed by atoms with van der Waals surface area (Å²) >= 11 is 0. The third-order valence-electron chi connectivity index (χ3n) is 2.71. The molecule has 1 aromatic carbocycles. The van der Waals surface area contributed by atoms with Crippen molar-refractivity contribution in [3.05, 3.63) is 18.2 Å². The van der Waals surface area contributed by atoms with Gasteiger partial charge in [-0.3, -0.25) is 0 Å². The molecule has 0 saturated carbocycles. The quantitative estimate of drug-likeness (QED) is 0.821.